The molecular formula is C26H28N6O6. The average Bonchev–Trinajstić information content (AvgIpc) is 3.44. The monoisotopic (exact) mass is 520 g/mol. The number of aromatic nitrogens is 5. The number of fused-ring (bicyclic) bond motifs is 1. The highest BCUT2D eigenvalue weighted by molar-refractivity contribution is 6.03. The number of imidazole rings is 1. The number of carbonyl (C=O) groups excluding carboxylic acids is 1. The van der Waals surface area contributed by atoms with Gasteiger partial charge in [0.15, 0.2) is 28.6 Å². The number of anilines is 1. The van der Waals surface area contributed by atoms with Crippen LogP contribution in [0.1, 0.15) is 42.9 Å². The Morgan fingerprint density at radius 2 is 1.74 bits per heavy atom. The number of aliphatic hydroxyl groups excluding tert-OH is 3. The summed E-state index contributed by atoms with van der Waals surface area (Å²) in [6.07, 6.45) is -0.408. The molecule has 38 heavy (non-hydrogen) atoms. The van der Waals surface area contributed by atoms with Gasteiger partial charge in [0.05, 0.1) is 12.9 Å². The van der Waals surface area contributed by atoms with E-state index >= 15 is 0 Å². The van der Waals surface area contributed by atoms with Gasteiger partial charge in [0.25, 0.3) is 5.91 Å². The highest BCUT2D eigenvalue weighted by atomic mass is 16.6. The Hall–Kier alpha value is -3.97. The summed E-state index contributed by atoms with van der Waals surface area (Å²) in [4.78, 5) is 38.1. The molecule has 1 fully saturated rings. The van der Waals surface area contributed by atoms with Crippen LogP contribution in [0.4, 0.5) is 5.95 Å². The third-order valence-electron chi connectivity index (χ3n) is 6.48. The Kier molecular flexibility index (Phi) is 6.57. The number of pyridine rings is 1. The predicted octanol–water partition coefficient (Wildman–Crippen LogP) is 1.14. The second kappa shape index (κ2) is 9.72. The van der Waals surface area contributed by atoms with Crippen molar-refractivity contribution in [3.05, 3.63) is 76.5 Å². The minimum atomic E-state index is -1.37. The standard InChI is InChI=1S/C26H28N6O6/c1-26(2,3)15-6-4-14(5-7-15)23(37)30-25-28-21(31-10-8-16(34)9-11-31)18-22(29-25)32(13-27-18)24-20(36)19(35)17(12-33)38-24/h4-11,13,17,19-20,24,33,35-36H,12H2,1-3H3,(H,28,29,30,37)/t17-,19-,20-,24-/m1/s1. The van der Waals surface area contributed by atoms with Crippen LogP contribution in [0, 0.1) is 0 Å². The van der Waals surface area contributed by atoms with E-state index in [0.29, 0.717) is 11.1 Å². The first-order valence-corrected chi connectivity index (χ1v) is 12.0. The Morgan fingerprint density at radius 3 is 2.34 bits per heavy atom. The van der Waals surface area contributed by atoms with Crippen molar-refractivity contribution in [3.63, 3.8) is 0 Å². The molecule has 0 unspecified atom stereocenters. The fourth-order valence-corrected chi connectivity index (χ4v) is 4.28. The van der Waals surface area contributed by atoms with E-state index in [4.69, 9.17) is 4.74 Å². The van der Waals surface area contributed by atoms with Gasteiger partial charge in [-0.05, 0) is 23.1 Å². The molecule has 3 aromatic heterocycles. The van der Waals surface area contributed by atoms with Crippen LogP contribution in [0.2, 0.25) is 0 Å². The number of amides is 1. The lowest BCUT2D eigenvalue weighted by Gasteiger charge is -2.19. The Balaban J connectivity index is 1.57. The second-order valence-electron chi connectivity index (χ2n) is 10.1. The lowest BCUT2D eigenvalue weighted by Crippen LogP contribution is -2.33. The largest absolute Gasteiger partial charge is 0.394 e. The molecule has 5 rings (SSSR count). The fraction of sp³-hybridized carbons (Fsp3) is 0.346. The van der Waals surface area contributed by atoms with Crippen molar-refractivity contribution >= 4 is 23.0 Å². The highest BCUT2D eigenvalue weighted by Gasteiger charge is 2.44. The minimum absolute atomic E-state index is 0.0513. The van der Waals surface area contributed by atoms with Crippen LogP contribution in [0.25, 0.3) is 17.0 Å². The van der Waals surface area contributed by atoms with E-state index < -0.39 is 37.1 Å². The number of benzene rings is 1. The first kappa shape index (κ1) is 25.7. The number of nitrogens with one attached hydrogen (secondary N) is 1. The molecule has 1 aliphatic heterocycles. The normalized spacial score (nSPS) is 21.6. The lowest BCUT2D eigenvalue weighted by atomic mass is 9.87. The van der Waals surface area contributed by atoms with Crippen LogP contribution >= 0.6 is 0 Å². The summed E-state index contributed by atoms with van der Waals surface area (Å²) in [6.45, 7) is 5.76. The molecule has 0 spiro atoms. The molecule has 198 valence electrons. The van der Waals surface area contributed by atoms with Gasteiger partial charge in [-0.25, -0.2) is 4.98 Å². The topological polar surface area (TPSA) is 165 Å². The second-order valence-corrected chi connectivity index (χ2v) is 10.1. The number of nitrogens with zero attached hydrogens (tertiary/aromatic N) is 5. The summed E-state index contributed by atoms with van der Waals surface area (Å²) in [7, 11) is 0. The first-order chi connectivity index (χ1) is 18.1. The number of ether oxygens (including phenoxy) is 1. The van der Waals surface area contributed by atoms with Crippen LogP contribution in [-0.2, 0) is 10.2 Å². The molecule has 4 N–H and O–H groups in total. The summed E-state index contributed by atoms with van der Waals surface area (Å²) < 4.78 is 8.61. The molecule has 12 nitrogen and oxygen atoms in total. The van der Waals surface area contributed by atoms with Crippen molar-refractivity contribution in [3.8, 4) is 5.82 Å². The Labute approximate surface area is 217 Å². The van der Waals surface area contributed by atoms with Gasteiger partial charge < -0.3 is 24.6 Å². The average molecular weight is 521 g/mol. The zero-order chi connectivity index (χ0) is 27.2. The maximum Gasteiger partial charge on any atom is 0.258 e. The lowest BCUT2D eigenvalue weighted by molar-refractivity contribution is -0.0511. The fourth-order valence-electron chi connectivity index (χ4n) is 4.28. The van der Waals surface area contributed by atoms with E-state index in [1.165, 1.54) is 35.4 Å². The quantitative estimate of drug-likeness (QED) is 0.302. The maximum atomic E-state index is 13.1. The molecule has 1 saturated heterocycles. The van der Waals surface area contributed by atoms with Gasteiger partial charge in [-0.3, -0.25) is 19.5 Å². The molecular weight excluding hydrogens is 492 g/mol. The number of rotatable bonds is 5. The van der Waals surface area contributed by atoms with E-state index in [0.717, 1.165) is 5.56 Å². The van der Waals surface area contributed by atoms with Gasteiger partial charge in [-0.15, -0.1) is 0 Å². The molecule has 4 atom stereocenters. The van der Waals surface area contributed by atoms with Gasteiger partial charge in [0.2, 0.25) is 5.95 Å². The van der Waals surface area contributed by atoms with Gasteiger partial charge >= 0.3 is 0 Å². The third-order valence-corrected chi connectivity index (χ3v) is 6.48. The van der Waals surface area contributed by atoms with Crippen molar-refractivity contribution in [1.29, 1.82) is 0 Å². The van der Waals surface area contributed by atoms with Crippen LogP contribution < -0.4 is 10.7 Å². The molecule has 0 saturated carbocycles. The van der Waals surface area contributed by atoms with E-state index in [1.54, 1.807) is 16.7 Å². The van der Waals surface area contributed by atoms with Crippen molar-refractivity contribution < 1.29 is 24.9 Å². The number of hydrogen-bond donors (Lipinski definition) is 4. The summed E-state index contributed by atoms with van der Waals surface area (Å²) >= 11 is 0. The molecule has 4 heterocycles. The van der Waals surface area contributed by atoms with E-state index in [2.05, 4.69) is 41.0 Å². The molecule has 1 aromatic carbocycles. The summed E-state index contributed by atoms with van der Waals surface area (Å²) in [5.41, 5.74) is 1.71. The van der Waals surface area contributed by atoms with E-state index in [1.807, 2.05) is 12.1 Å². The van der Waals surface area contributed by atoms with Gasteiger partial charge in [-0.1, -0.05) is 32.9 Å². The molecule has 0 bridgehead atoms. The minimum Gasteiger partial charge on any atom is -0.394 e. The zero-order valence-corrected chi connectivity index (χ0v) is 21.0. The number of aliphatic hydroxyl groups is 3. The van der Waals surface area contributed by atoms with E-state index in [-0.39, 0.29) is 28.3 Å². The Morgan fingerprint density at radius 1 is 1.05 bits per heavy atom. The zero-order valence-electron chi connectivity index (χ0n) is 21.0. The molecule has 12 heteroatoms. The summed E-state index contributed by atoms with van der Waals surface area (Å²) in [5, 5.41) is 33.0. The predicted molar refractivity (Wildman–Crippen MR) is 137 cm³/mol. The SMILES string of the molecule is CC(C)(C)c1ccc(C(=O)Nc2nc(-n3ccc(=O)cc3)c3ncn([C@@H]4O[C@H](CO)[C@@H](O)[C@H]4O)c3n2)cc1. The Bertz CT molecular complexity index is 1520. The van der Waals surface area contributed by atoms with E-state index in [9.17, 15) is 24.9 Å². The van der Waals surface area contributed by atoms with Crippen LogP contribution in [0.15, 0.2) is 59.9 Å². The first-order valence-electron chi connectivity index (χ1n) is 12.0. The summed E-state index contributed by atoms with van der Waals surface area (Å²) in [5.74, 6) is -0.224. The van der Waals surface area contributed by atoms with Crippen LogP contribution in [0.3, 0.4) is 0 Å². The molecule has 1 aliphatic rings. The van der Waals surface area contributed by atoms with Crippen molar-refractivity contribution in [2.75, 3.05) is 11.9 Å². The summed E-state index contributed by atoms with van der Waals surface area (Å²) in [6, 6.07) is 9.93. The molecule has 0 radical (unpaired) electrons. The van der Waals surface area contributed by atoms with Crippen molar-refractivity contribution in [2.45, 2.75) is 50.7 Å². The highest BCUT2D eigenvalue weighted by Crippen LogP contribution is 2.32. The molecule has 0 aliphatic carbocycles. The number of hydrogen-bond acceptors (Lipinski definition) is 9. The third kappa shape index (κ3) is 4.70. The molecule has 1 amide bonds. The van der Waals surface area contributed by atoms with Crippen molar-refractivity contribution in [2.24, 2.45) is 0 Å². The number of carbonyl (C=O) groups is 1. The van der Waals surface area contributed by atoms with Crippen LogP contribution in [0.5, 0.6) is 0 Å². The smallest absolute Gasteiger partial charge is 0.258 e. The molecule has 4 aromatic rings. The van der Waals surface area contributed by atoms with Gasteiger partial charge in [0.1, 0.15) is 18.3 Å². The van der Waals surface area contributed by atoms with Gasteiger partial charge in [-0.2, -0.15) is 9.97 Å². The van der Waals surface area contributed by atoms with Crippen molar-refractivity contribution in [1.82, 2.24) is 24.1 Å². The van der Waals surface area contributed by atoms with Crippen LogP contribution in [-0.4, -0.2) is 70.2 Å². The maximum absolute atomic E-state index is 13.1. The van der Waals surface area contributed by atoms with Gasteiger partial charge in [0, 0.05) is 30.1 Å².